The number of hydrogen-bond acceptors (Lipinski definition) is 3. The molecule has 4 nitrogen and oxygen atoms in total. The first-order valence-electron chi connectivity index (χ1n) is 7.45. The number of hydrogen-bond donors (Lipinski definition) is 2. The van der Waals surface area contributed by atoms with E-state index in [1.807, 2.05) is 0 Å². The molecule has 3 rings (SSSR count). The number of ether oxygens (including phenoxy) is 1. The molecule has 1 spiro atoms. The van der Waals surface area contributed by atoms with E-state index in [4.69, 9.17) is 4.74 Å². The molecule has 122 valence electrons. The summed E-state index contributed by atoms with van der Waals surface area (Å²) in [4.78, 5) is 12.2. The maximum atomic E-state index is 13.6. The average Bonchev–Trinajstić information content (AvgIpc) is 3.19. The molecule has 0 aromatic heterocycles. The summed E-state index contributed by atoms with van der Waals surface area (Å²) < 4.78 is 18.5. The molecule has 0 bridgehead atoms. The lowest BCUT2D eigenvalue weighted by Gasteiger charge is -2.23. The molecule has 2 aliphatic rings. The quantitative estimate of drug-likeness (QED) is 0.891. The molecule has 1 atom stereocenters. The van der Waals surface area contributed by atoms with Crippen molar-refractivity contribution in [1.82, 2.24) is 10.6 Å². The van der Waals surface area contributed by atoms with E-state index in [9.17, 15) is 9.18 Å². The zero-order valence-corrected chi connectivity index (χ0v) is 13.5. The van der Waals surface area contributed by atoms with Gasteiger partial charge in [0.2, 0.25) is 5.91 Å². The van der Waals surface area contributed by atoms with E-state index in [1.54, 1.807) is 12.1 Å². The maximum absolute atomic E-state index is 13.6. The van der Waals surface area contributed by atoms with Crippen molar-refractivity contribution in [1.29, 1.82) is 0 Å². The largest absolute Gasteiger partial charge is 0.494 e. The normalized spacial score (nSPS) is 21.8. The summed E-state index contributed by atoms with van der Waals surface area (Å²) in [7, 11) is 1.44. The highest BCUT2D eigenvalue weighted by molar-refractivity contribution is 5.85. The highest BCUT2D eigenvalue weighted by Gasteiger charge is 2.57. The molecule has 22 heavy (non-hydrogen) atoms. The topological polar surface area (TPSA) is 50.4 Å². The summed E-state index contributed by atoms with van der Waals surface area (Å²) in [6, 6.07) is 4.77. The summed E-state index contributed by atoms with van der Waals surface area (Å²) in [5, 5.41) is 6.26. The van der Waals surface area contributed by atoms with Gasteiger partial charge in [0, 0.05) is 12.5 Å². The van der Waals surface area contributed by atoms with Crippen LogP contribution in [0.5, 0.6) is 5.75 Å². The minimum absolute atomic E-state index is 0. The van der Waals surface area contributed by atoms with Gasteiger partial charge in [-0.25, -0.2) is 4.39 Å². The Morgan fingerprint density at radius 1 is 1.45 bits per heavy atom. The molecule has 1 aliphatic carbocycles. The number of methoxy groups -OCH3 is 1. The van der Waals surface area contributed by atoms with Crippen LogP contribution in [-0.2, 0) is 11.3 Å². The smallest absolute Gasteiger partial charge is 0.223 e. The van der Waals surface area contributed by atoms with E-state index in [1.165, 1.54) is 13.2 Å². The van der Waals surface area contributed by atoms with Crippen molar-refractivity contribution in [2.24, 2.45) is 11.3 Å². The fourth-order valence-corrected chi connectivity index (χ4v) is 3.33. The minimum atomic E-state index is -0.398. The molecule has 6 heteroatoms. The molecule has 2 fully saturated rings. The summed E-state index contributed by atoms with van der Waals surface area (Å²) in [5.74, 6) is 0.0715. The van der Waals surface area contributed by atoms with Crippen LogP contribution in [0.3, 0.4) is 0 Å². The highest BCUT2D eigenvalue weighted by atomic mass is 35.5. The van der Waals surface area contributed by atoms with Crippen molar-refractivity contribution in [2.75, 3.05) is 20.2 Å². The molecule has 1 unspecified atom stereocenters. The minimum Gasteiger partial charge on any atom is -0.494 e. The van der Waals surface area contributed by atoms with E-state index in [0.717, 1.165) is 37.9 Å². The van der Waals surface area contributed by atoms with Crippen LogP contribution < -0.4 is 15.4 Å². The van der Waals surface area contributed by atoms with Crippen molar-refractivity contribution in [3.8, 4) is 5.75 Å². The Balaban J connectivity index is 0.00000176. The number of benzene rings is 1. The van der Waals surface area contributed by atoms with Crippen LogP contribution in [0.1, 0.15) is 24.8 Å². The van der Waals surface area contributed by atoms with Crippen LogP contribution in [0.25, 0.3) is 0 Å². The third-order valence-corrected chi connectivity index (χ3v) is 4.79. The molecule has 1 aromatic rings. The van der Waals surface area contributed by atoms with Crippen LogP contribution in [-0.4, -0.2) is 26.1 Å². The van der Waals surface area contributed by atoms with Gasteiger partial charge < -0.3 is 15.4 Å². The third-order valence-electron chi connectivity index (χ3n) is 4.79. The van der Waals surface area contributed by atoms with Crippen LogP contribution in [0, 0.1) is 17.2 Å². The monoisotopic (exact) mass is 328 g/mol. The Morgan fingerprint density at radius 2 is 2.18 bits per heavy atom. The Bertz CT molecular complexity index is 547. The van der Waals surface area contributed by atoms with Gasteiger partial charge in [0.1, 0.15) is 0 Å². The van der Waals surface area contributed by atoms with Gasteiger partial charge in [-0.15, -0.1) is 12.4 Å². The highest BCUT2D eigenvalue weighted by Crippen LogP contribution is 2.58. The lowest BCUT2D eigenvalue weighted by atomic mass is 9.92. The number of halogens is 2. The first-order chi connectivity index (χ1) is 10.1. The molecule has 1 heterocycles. The summed E-state index contributed by atoms with van der Waals surface area (Å²) in [6.07, 6.45) is 3.17. The lowest BCUT2D eigenvalue weighted by molar-refractivity contribution is -0.123. The molecular formula is C16H22ClFN2O2. The molecule has 1 saturated heterocycles. The fourth-order valence-electron chi connectivity index (χ4n) is 3.33. The molecule has 1 saturated carbocycles. The predicted molar refractivity (Wildman–Crippen MR) is 84.7 cm³/mol. The van der Waals surface area contributed by atoms with Gasteiger partial charge >= 0.3 is 0 Å². The SMILES string of the molecule is COc1ccc(CNC(=O)C2CC23CCNCC3)cc1F.Cl. The Hall–Kier alpha value is -1.33. The first kappa shape index (κ1) is 17.0. The van der Waals surface area contributed by atoms with Gasteiger partial charge in [-0.2, -0.15) is 0 Å². The number of rotatable bonds is 4. The van der Waals surface area contributed by atoms with Crippen molar-refractivity contribution in [2.45, 2.75) is 25.8 Å². The standard InChI is InChI=1S/C16H21FN2O2.ClH/c1-21-14-3-2-11(8-13(14)17)10-19-15(20)12-9-16(12)4-6-18-7-5-16;/h2-3,8,12,18H,4-7,9-10H2,1H3,(H,19,20);1H. The van der Waals surface area contributed by atoms with Gasteiger partial charge in [-0.05, 0) is 55.5 Å². The Labute approximate surface area is 136 Å². The number of carbonyl (C=O) groups excluding carboxylic acids is 1. The molecule has 0 radical (unpaired) electrons. The van der Waals surface area contributed by atoms with Gasteiger partial charge in [0.15, 0.2) is 11.6 Å². The van der Waals surface area contributed by atoms with Crippen molar-refractivity contribution in [3.05, 3.63) is 29.6 Å². The summed E-state index contributed by atoms with van der Waals surface area (Å²) in [5.41, 5.74) is 0.988. The van der Waals surface area contributed by atoms with Gasteiger partial charge in [0.05, 0.1) is 7.11 Å². The van der Waals surface area contributed by atoms with E-state index in [2.05, 4.69) is 10.6 Å². The molecular weight excluding hydrogens is 307 g/mol. The Morgan fingerprint density at radius 3 is 2.82 bits per heavy atom. The average molecular weight is 329 g/mol. The van der Waals surface area contributed by atoms with Crippen LogP contribution in [0.2, 0.25) is 0 Å². The maximum Gasteiger partial charge on any atom is 0.223 e. The number of carbonyl (C=O) groups is 1. The molecule has 1 aliphatic heterocycles. The van der Waals surface area contributed by atoms with Gasteiger partial charge in [-0.1, -0.05) is 6.07 Å². The lowest BCUT2D eigenvalue weighted by Crippen LogP contribution is -2.33. The summed E-state index contributed by atoms with van der Waals surface area (Å²) >= 11 is 0. The van der Waals surface area contributed by atoms with Gasteiger partial charge in [-0.3, -0.25) is 4.79 Å². The molecule has 2 N–H and O–H groups in total. The summed E-state index contributed by atoms with van der Waals surface area (Å²) in [6.45, 7) is 2.38. The third kappa shape index (κ3) is 3.36. The molecule has 1 amide bonds. The first-order valence-corrected chi connectivity index (χ1v) is 7.45. The van der Waals surface area contributed by atoms with E-state index in [-0.39, 0.29) is 35.4 Å². The van der Waals surface area contributed by atoms with Crippen LogP contribution in [0.4, 0.5) is 4.39 Å². The van der Waals surface area contributed by atoms with Crippen molar-refractivity contribution >= 4 is 18.3 Å². The van der Waals surface area contributed by atoms with Crippen LogP contribution in [0.15, 0.2) is 18.2 Å². The predicted octanol–water partition coefficient (Wildman–Crippen LogP) is 2.26. The second kappa shape index (κ2) is 6.84. The zero-order valence-electron chi connectivity index (χ0n) is 12.7. The van der Waals surface area contributed by atoms with Crippen LogP contribution >= 0.6 is 12.4 Å². The van der Waals surface area contributed by atoms with E-state index in [0.29, 0.717) is 6.54 Å². The van der Waals surface area contributed by atoms with E-state index < -0.39 is 5.82 Å². The van der Waals surface area contributed by atoms with Crippen molar-refractivity contribution in [3.63, 3.8) is 0 Å². The van der Waals surface area contributed by atoms with E-state index >= 15 is 0 Å². The van der Waals surface area contributed by atoms with Gasteiger partial charge in [0.25, 0.3) is 0 Å². The van der Waals surface area contributed by atoms with Crippen molar-refractivity contribution < 1.29 is 13.9 Å². The number of piperidine rings is 1. The molecule has 1 aromatic carbocycles. The fraction of sp³-hybridized carbons (Fsp3) is 0.562. The second-order valence-corrected chi connectivity index (χ2v) is 6.06. The zero-order chi connectivity index (χ0) is 14.9. The second-order valence-electron chi connectivity index (χ2n) is 6.06. The number of amides is 1. The Kier molecular flexibility index (Phi) is 5.29. The number of nitrogens with one attached hydrogen (secondary N) is 2.